The van der Waals surface area contributed by atoms with E-state index in [0.29, 0.717) is 0 Å². The van der Waals surface area contributed by atoms with E-state index in [1.54, 1.807) is 26.0 Å². The number of benzene rings is 5. The summed E-state index contributed by atoms with van der Waals surface area (Å²) in [7, 11) is -4.20. The minimum absolute atomic E-state index is 0.140. The first-order valence-electron chi connectivity index (χ1n) is 15.3. The summed E-state index contributed by atoms with van der Waals surface area (Å²) in [6, 6.07) is 48.9. The van der Waals surface area contributed by atoms with Gasteiger partial charge >= 0.3 is 23.3 Å². The Balaban J connectivity index is 0.000000324. The molecule has 0 aliphatic carbocycles. The van der Waals surface area contributed by atoms with Crippen LogP contribution in [0.4, 0.5) is 39.5 Å². The van der Waals surface area contributed by atoms with Crippen molar-refractivity contribution in [1.29, 1.82) is 0 Å². The molecule has 5 rings (SSSR count). The molecule has 0 radical (unpaired) electrons. The molecule has 54 heavy (non-hydrogen) atoms. The van der Waals surface area contributed by atoms with Gasteiger partial charge in [-0.1, -0.05) is 90.6 Å². The molecule has 5 aromatic rings. The van der Waals surface area contributed by atoms with Crippen LogP contribution in [0.15, 0.2) is 164 Å². The van der Waals surface area contributed by atoms with Crippen molar-refractivity contribution in [3.05, 3.63) is 151 Å². The van der Waals surface area contributed by atoms with E-state index in [1.807, 2.05) is 30.3 Å². The van der Waals surface area contributed by atoms with Crippen LogP contribution in [0.5, 0.6) is 0 Å². The van der Waals surface area contributed by atoms with E-state index in [0.717, 1.165) is 16.0 Å². The fourth-order valence-electron chi connectivity index (χ4n) is 4.94. The second-order valence-electron chi connectivity index (χ2n) is 11.0. The molecule has 0 saturated carbocycles. The summed E-state index contributed by atoms with van der Waals surface area (Å²) in [5, 5.41) is -7.11. The molecule has 0 saturated heterocycles. The molecule has 288 valence electrons. The van der Waals surface area contributed by atoms with Crippen molar-refractivity contribution in [2.75, 3.05) is 14.2 Å². The Morgan fingerprint density at radius 2 is 0.870 bits per heavy atom. The van der Waals surface area contributed by atoms with Gasteiger partial charge in [-0.2, -0.15) is 39.5 Å². The second kappa shape index (κ2) is 16.8. The van der Waals surface area contributed by atoms with Crippen molar-refractivity contribution in [3.8, 4) is 0 Å². The number of halogens is 9. The summed E-state index contributed by atoms with van der Waals surface area (Å²) in [6.45, 7) is 0. The predicted molar refractivity (Wildman–Crippen MR) is 184 cm³/mol. The van der Waals surface area contributed by atoms with E-state index < -0.39 is 39.2 Å². The summed E-state index contributed by atoms with van der Waals surface area (Å²) < 4.78 is 147. The van der Waals surface area contributed by atoms with Crippen LogP contribution in [-0.2, 0) is 36.3 Å². The minimum atomic E-state index is -7.43. The molecule has 0 N–H and O–H groups in total. The van der Waals surface area contributed by atoms with Gasteiger partial charge in [-0.3, -0.25) is 0 Å². The fraction of sp³-hybridized carbons (Fsp3) is 0.189. The molecule has 0 heterocycles. The van der Waals surface area contributed by atoms with E-state index in [9.17, 15) is 52.5 Å². The Bertz CT molecular complexity index is 2010. The largest absolute Gasteiger partial charge is 0.743 e. The molecule has 0 bridgehead atoms. The van der Waals surface area contributed by atoms with Gasteiger partial charge in [0, 0.05) is 35.1 Å². The number of ether oxygens (including phenoxy) is 2. The molecule has 0 amide bonds. The van der Waals surface area contributed by atoms with Crippen molar-refractivity contribution in [1.82, 2.24) is 0 Å². The maximum absolute atomic E-state index is 12.2. The first-order valence-corrected chi connectivity index (χ1v) is 18.7. The fourth-order valence-corrected chi connectivity index (χ4v) is 8.28. The summed E-state index contributed by atoms with van der Waals surface area (Å²) >= 11 is 1.75. The van der Waals surface area contributed by atoms with E-state index >= 15 is 0 Å². The van der Waals surface area contributed by atoms with Crippen LogP contribution in [0.25, 0.3) is 0 Å². The first-order chi connectivity index (χ1) is 25.2. The van der Waals surface area contributed by atoms with Crippen molar-refractivity contribution in [2.45, 2.75) is 53.5 Å². The van der Waals surface area contributed by atoms with Gasteiger partial charge in [0.05, 0.1) is 10.9 Å². The minimum Gasteiger partial charge on any atom is -0.743 e. The van der Waals surface area contributed by atoms with Crippen LogP contribution in [0.2, 0.25) is 0 Å². The number of hydrogen-bond donors (Lipinski definition) is 0. The Hall–Kier alpha value is -4.00. The second-order valence-corrected chi connectivity index (χ2v) is 15.6. The van der Waals surface area contributed by atoms with Crippen LogP contribution >= 0.6 is 11.8 Å². The highest BCUT2D eigenvalue weighted by Crippen LogP contribution is 2.54. The van der Waals surface area contributed by atoms with Gasteiger partial charge < -0.3 is 14.0 Å². The van der Waals surface area contributed by atoms with E-state index in [2.05, 4.69) is 109 Å². The van der Waals surface area contributed by atoms with E-state index in [4.69, 9.17) is 9.47 Å². The molecule has 5 nitrogen and oxygen atoms in total. The van der Waals surface area contributed by atoms with Crippen molar-refractivity contribution in [2.24, 2.45) is 0 Å². The van der Waals surface area contributed by atoms with Gasteiger partial charge in [0.1, 0.15) is 0 Å². The molecule has 17 heteroatoms. The molecule has 0 aromatic heterocycles. The van der Waals surface area contributed by atoms with Crippen molar-refractivity contribution in [3.63, 3.8) is 0 Å². The number of rotatable bonds is 12. The molecule has 0 aliphatic rings. The molecule has 0 unspecified atom stereocenters. The third-order valence-electron chi connectivity index (χ3n) is 7.65. The topological polar surface area (TPSA) is 75.7 Å². The standard InChI is InChI=1S/C33H29O2S2.C4HF9O3S/c1-34-33(35-2,26-12-6-3-7-13-26)27-18-20-28(21-19-27)36-29-22-24-32(25-23-29)37(30-14-8-4-9-15-30)31-16-10-5-11-17-31;5-1(6,3(9,10)11)2(7,8)4(12,13)17(14,15)16/h3-25H,1-2H3;(H,14,15,16)/q+1;/p-1. The highest BCUT2D eigenvalue weighted by Gasteiger charge is 2.83. The zero-order valence-electron chi connectivity index (χ0n) is 27.9. The normalized spacial score (nSPS) is 13.0. The van der Waals surface area contributed by atoms with Gasteiger partial charge in [0.15, 0.2) is 24.8 Å². The third-order valence-corrected chi connectivity index (χ3v) is 11.8. The number of methoxy groups -OCH3 is 2. The summed E-state index contributed by atoms with van der Waals surface area (Å²) in [5.74, 6) is -15.8. The van der Waals surface area contributed by atoms with Gasteiger partial charge in [0.2, 0.25) is 5.79 Å². The number of hydrogen-bond acceptors (Lipinski definition) is 6. The molecule has 0 spiro atoms. The monoisotopic (exact) mass is 820 g/mol. The van der Waals surface area contributed by atoms with Crippen molar-refractivity contribution >= 4 is 32.8 Å². The zero-order chi connectivity index (χ0) is 40.0. The predicted octanol–water partition coefficient (Wildman–Crippen LogP) is 10.4. The SMILES string of the molecule is COC(OC)(c1ccccc1)c1ccc(Sc2ccc([S+](c3ccccc3)c3ccccc3)cc2)cc1.O=S(=O)([O-])C(F)(F)C(F)(F)C(F)(F)C(F)(F)F. The zero-order valence-corrected chi connectivity index (χ0v) is 30.4. The van der Waals surface area contributed by atoms with Gasteiger partial charge in [-0.05, 0) is 60.7 Å². The Morgan fingerprint density at radius 3 is 1.24 bits per heavy atom. The van der Waals surface area contributed by atoms with E-state index in [1.165, 1.54) is 19.6 Å². The first kappa shape index (κ1) is 42.7. The molecular formula is C37H29F9O5S3. The highest BCUT2D eigenvalue weighted by atomic mass is 32.2. The average Bonchev–Trinajstić information content (AvgIpc) is 3.14. The summed E-state index contributed by atoms with van der Waals surface area (Å²) in [4.78, 5) is 6.32. The molecule has 5 aromatic carbocycles. The Kier molecular flexibility index (Phi) is 13.3. The van der Waals surface area contributed by atoms with Crippen LogP contribution < -0.4 is 0 Å². The van der Waals surface area contributed by atoms with Crippen LogP contribution in [0.1, 0.15) is 11.1 Å². The molecule has 0 fully saturated rings. The molecule has 0 aliphatic heterocycles. The van der Waals surface area contributed by atoms with Crippen molar-refractivity contribution < 1.29 is 62.0 Å². The molecule has 0 atom stereocenters. The quantitative estimate of drug-likeness (QED) is 0.0540. The van der Waals surface area contributed by atoms with Crippen LogP contribution in [0.3, 0.4) is 0 Å². The van der Waals surface area contributed by atoms with Crippen LogP contribution in [-0.4, -0.2) is 50.5 Å². The lowest BCUT2D eigenvalue weighted by Crippen LogP contribution is -2.63. The van der Waals surface area contributed by atoms with E-state index in [-0.39, 0.29) is 10.9 Å². The average molecular weight is 821 g/mol. The lowest BCUT2D eigenvalue weighted by molar-refractivity contribution is -0.382. The summed E-state index contributed by atoms with van der Waals surface area (Å²) in [6.07, 6.45) is -7.16. The summed E-state index contributed by atoms with van der Waals surface area (Å²) in [5.41, 5.74) is 1.92. The maximum Gasteiger partial charge on any atom is 0.460 e. The van der Waals surface area contributed by atoms with Crippen LogP contribution in [0, 0.1) is 0 Å². The molecular weight excluding hydrogens is 792 g/mol. The lowest BCUT2D eigenvalue weighted by Gasteiger charge is -2.34. The number of alkyl halides is 9. The third kappa shape index (κ3) is 8.76. The maximum atomic E-state index is 12.2. The van der Waals surface area contributed by atoms with Gasteiger partial charge in [-0.25, -0.2) is 8.42 Å². The van der Waals surface area contributed by atoms with Gasteiger partial charge in [0.25, 0.3) is 0 Å². The Morgan fingerprint density at radius 1 is 0.519 bits per heavy atom. The van der Waals surface area contributed by atoms with Gasteiger partial charge in [-0.15, -0.1) is 0 Å². The smallest absolute Gasteiger partial charge is 0.460 e. The highest BCUT2D eigenvalue weighted by molar-refractivity contribution is 7.99. The Labute approximate surface area is 312 Å². The lowest BCUT2D eigenvalue weighted by atomic mass is 9.97.